The third-order valence-corrected chi connectivity index (χ3v) is 6.65. The number of hydrogen-bond acceptors (Lipinski definition) is 4. The summed E-state index contributed by atoms with van der Waals surface area (Å²) in [5.74, 6) is 0.254. The van der Waals surface area contributed by atoms with Crippen LogP contribution in [0.3, 0.4) is 0 Å². The second kappa shape index (κ2) is 5.86. The van der Waals surface area contributed by atoms with E-state index in [1.54, 1.807) is 11.2 Å². The minimum Gasteiger partial charge on any atom is -0.393 e. The second-order valence-electron chi connectivity index (χ2n) is 5.47. The summed E-state index contributed by atoms with van der Waals surface area (Å²) in [5, 5.41) is 12.5. The smallest absolute Gasteiger partial charge is 0.217 e. The maximum Gasteiger partial charge on any atom is 0.217 e. The highest BCUT2D eigenvalue weighted by Crippen LogP contribution is 2.26. The molecule has 2 aliphatic heterocycles. The SMILES string of the molecule is CC(O)C1CCN(S(=O)(=O)C2CCNCC2)CC1. The normalized spacial score (nSPS) is 27.2. The molecule has 18 heavy (non-hydrogen) atoms. The number of rotatable bonds is 3. The van der Waals surface area contributed by atoms with Gasteiger partial charge in [-0.15, -0.1) is 0 Å². The molecule has 106 valence electrons. The van der Waals surface area contributed by atoms with Crippen molar-refractivity contribution in [1.82, 2.24) is 9.62 Å². The van der Waals surface area contributed by atoms with Gasteiger partial charge in [0.05, 0.1) is 11.4 Å². The van der Waals surface area contributed by atoms with E-state index in [1.165, 1.54) is 0 Å². The summed E-state index contributed by atoms with van der Waals surface area (Å²) in [4.78, 5) is 0. The minimum atomic E-state index is -3.12. The molecule has 1 unspecified atom stereocenters. The summed E-state index contributed by atoms with van der Waals surface area (Å²) in [5.41, 5.74) is 0. The number of piperidine rings is 2. The molecule has 0 aromatic carbocycles. The van der Waals surface area contributed by atoms with Gasteiger partial charge in [-0.2, -0.15) is 0 Å². The molecule has 5 nitrogen and oxygen atoms in total. The molecule has 2 fully saturated rings. The fraction of sp³-hybridized carbons (Fsp3) is 1.00. The van der Waals surface area contributed by atoms with Crippen LogP contribution in [-0.4, -0.2) is 55.4 Å². The molecule has 2 rings (SSSR count). The number of aliphatic hydroxyl groups excluding tert-OH is 1. The Balaban J connectivity index is 1.95. The van der Waals surface area contributed by atoms with Gasteiger partial charge in [0.1, 0.15) is 0 Å². The van der Waals surface area contributed by atoms with Crippen LogP contribution in [0.2, 0.25) is 0 Å². The lowest BCUT2D eigenvalue weighted by Crippen LogP contribution is -2.47. The summed E-state index contributed by atoms with van der Waals surface area (Å²) >= 11 is 0. The van der Waals surface area contributed by atoms with Gasteiger partial charge in [-0.3, -0.25) is 0 Å². The van der Waals surface area contributed by atoms with Crippen LogP contribution in [0.25, 0.3) is 0 Å². The zero-order valence-electron chi connectivity index (χ0n) is 11.0. The standard InChI is InChI=1S/C12H24N2O3S/c1-10(15)11-4-8-14(9-5-11)18(16,17)12-2-6-13-7-3-12/h10-13,15H,2-9H2,1H3. The molecular weight excluding hydrogens is 252 g/mol. The van der Waals surface area contributed by atoms with Crippen LogP contribution < -0.4 is 5.32 Å². The topological polar surface area (TPSA) is 69.6 Å². The predicted octanol–water partition coefficient (Wildman–Crippen LogP) is 0.161. The Kier molecular flexibility index (Phi) is 4.64. The molecule has 0 bridgehead atoms. The van der Waals surface area contributed by atoms with Crippen molar-refractivity contribution in [3.8, 4) is 0 Å². The average molecular weight is 276 g/mol. The van der Waals surface area contributed by atoms with E-state index in [1.807, 2.05) is 0 Å². The Morgan fingerprint density at radius 2 is 1.72 bits per heavy atom. The summed E-state index contributed by atoms with van der Waals surface area (Å²) in [7, 11) is -3.12. The molecule has 0 aromatic heterocycles. The van der Waals surface area contributed by atoms with Gasteiger partial charge < -0.3 is 10.4 Å². The maximum atomic E-state index is 12.5. The van der Waals surface area contributed by atoms with Crippen molar-refractivity contribution in [2.75, 3.05) is 26.2 Å². The monoisotopic (exact) mass is 276 g/mol. The molecule has 2 N–H and O–H groups in total. The van der Waals surface area contributed by atoms with Crippen LogP contribution in [0.15, 0.2) is 0 Å². The van der Waals surface area contributed by atoms with Crippen LogP contribution in [0.4, 0.5) is 0 Å². The third kappa shape index (κ3) is 3.04. The van der Waals surface area contributed by atoms with Gasteiger partial charge in [0.2, 0.25) is 10.0 Å². The molecule has 2 aliphatic rings. The van der Waals surface area contributed by atoms with Crippen molar-refractivity contribution in [2.45, 2.75) is 44.0 Å². The van der Waals surface area contributed by atoms with E-state index in [-0.39, 0.29) is 17.3 Å². The number of aliphatic hydroxyl groups is 1. The number of nitrogens with one attached hydrogen (secondary N) is 1. The highest BCUT2D eigenvalue weighted by Gasteiger charge is 2.35. The van der Waals surface area contributed by atoms with Gasteiger partial charge in [-0.25, -0.2) is 12.7 Å². The largest absolute Gasteiger partial charge is 0.393 e. The van der Waals surface area contributed by atoms with Gasteiger partial charge in [-0.1, -0.05) is 0 Å². The van der Waals surface area contributed by atoms with Crippen molar-refractivity contribution < 1.29 is 13.5 Å². The third-order valence-electron chi connectivity index (χ3n) is 4.25. The Hall–Kier alpha value is -0.170. The minimum absolute atomic E-state index is 0.207. The average Bonchev–Trinajstić information content (AvgIpc) is 2.40. The Labute approximate surface area is 110 Å². The predicted molar refractivity (Wildman–Crippen MR) is 70.8 cm³/mol. The fourth-order valence-corrected chi connectivity index (χ4v) is 4.89. The molecule has 0 aromatic rings. The van der Waals surface area contributed by atoms with Crippen LogP contribution in [-0.2, 0) is 10.0 Å². The van der Waals surface area contributed by atoms with E-state index in [0.717, 1.165) is 38.8 Å². The lowest BCUT2D eigenvalue weighted by atomic mass is 9.93. The number of nitrogens with zero attached hydrogens (tertiary/aromatic N) is 1. The zero-order chi connectivity index (χ0) is 13.2. The molecule has 0 spiro atoms. The first-order chi connectivity index (χ1) is 8.51. The van der Waals surface area contributed by atoms with E-state index in [0.29, 0.717) is 13.1 Å². The molecule has 0 aliphatic carbocycles. The van der Waals surface area contributed by atoms with Crippen molar-refractivity contribution in [3.05, 3.63) is 0 Å². The van der Waals surface area contributed by atoms with Gasteiger partial charge in [-0.05, 0) is 51.6 Å². The zero-order valence-corrected chi connectivity index (χ0v) is 11.8. The first-order valence-electron chi connectivity index (χ1n) is 6.89. The van der Waals surface area contributed by atoms with E-state index in [2.05, 4.69) is 5.32 Å². The van der Waals surface area contributed by atoms with Gasteiger partial charge in [0.15, 0.2) is 0 Å². The van der Waals surface area contributed by atoms with E-state index in [9.17, 15) is 13.5 Å². The van der Waals surface area contributed by atoms with Gasteiger partial charge >= 0.3 is 0 Å². The number of hydrogen-bond donors (Lipinski definition) is 2. The van der Waals surface area contributed by atoms with Crippen LogP contribution >= 0.6 is 0 Å². The first-order valence-corrected chi connectivity index (χ1v) is 8.40. The first kappa shape index (κ1) is 14.2. The highest BCUT2D eigenvalue weighted by molar-refractivity contribution is 7.89. The molecule has 6 heteroatoms. The van der Waals surface area contributed by atoms with Gasteiger partial charge in [0, 0.05) is 13.1 Å². The molecule has 0 amide bonds. The lowest BCUT2D eigenvalue weighted by Gasteiger charge is -2.35. The Morgan fingerprint density at radius 1 is 1.17 bits per heavy atom. The van der Waals surface area contributed by atoms with E-state index in [4.69, 9.17) is 0 Å². The Bertz CT molecular complexity index is 356. The van der Waals surface area contributed by atoms with Crippen LogP contribution in [0.5, 0.6) is 0 Å². The maximum absolute atomic E-state index is 12.5. The molecule has 0 radical (unpaired) electrons. The van der Waals surface area contributed by atoms with Crippen LogP contribution in [0.1, 0.15) is 32.6 Å². The molecule has 2 heterocycles. The van der Waals surface area contributed by atoms with E-state index >= 15 is 0 Å². The van der Waals surface area contributed by atoms with Gasteiger partial charge in [0.25, 0.3) is 0 Å². The summed E-state index contributed by atoms with van der Waals surface area (Å²) in [6.07, 6.45) is 2.68. The van der Waals surface area contributed by atoms with Crippen molar-refractivity contribution >= 4 is 10.0 Å². The lowest BCUT2D eigenvalue weighted by molar-refractivity contribution is 0.0909. The highest BCUT2D eigenvalue weighted by atomic mass is 32.2. The summed E-state index contributed by atoms with van der Waals surface area (Å²) < 4.78 is 26.5. The van der Waals surface area contributed by atoms with Crippen molar-refractivity contribution in [3.63, 3.8) is 0 Å². The second-order valence-corrected chi connectivity index (χ2v) is 7.68. The summed E-state index contributed by atoms with van der Waals surface area (Å²) in [6, 6.07) is 0. The van der Waals surface area contributed by atoms with Crippen molar-refractivity contribution in [1.29, 1.82) is 0 Å². The molecule has 0 saturated carbocycles. The van der Waals surface area contributed by atoms with Crippen molar-refractivity contribution in [2.24, 2.45) is 5.92 Å². The Morgan fingerprint density at radius 3 is 2.22 bits per heavy atom. The van der Waals surface area contributed by atoms with Crippen LogP contribution in [0, 0.1) is 5.92 Å². The molecular formula is C12H24N2O3S. The molecule has 2 saturated heterocycles. The fourth-order valence-electron chi connectivity index (χ4n) is 2.92. The number of sulfonamides is 1. The molecule has 1 atom stereocenters. The summed E-state index contributed by atoms with van der Waals surface area (Å²) in [6.45, 7) is 4.54. The van der Waals surface area contributed by atoms with E-state index < -0.39 is 10.0 Å². The quantitative estimate of drug-likeness (QED) is 0.770.